The minimum Gasteiger partial charge on any atom is -0.461 e. The van der Waals surface area contributed by atoms with Crippen molar-refractivity contribution in [3.8, 4) is 0 Å². The molecule has 3 nitrogen and oxygen atoms in total. The number of hydrogen-bond acceptors (Lipinski definition) is 3. The van der Waals surface area contributed by atoms with Gasteiger partial charge >= 0.3 is 5.97 Å². The smallest absolute Gasteiger partial charge is 0.354 e. The lowest BCUT2D eigenvalue weighted by molar-refractivity contribution is -0.138. The average molecular weight is 283 g/mol. The van der Waals surface area contributed by atoms with E-state index in [9.17, 15) is 4.79 Å². The third-order valence-corrected chi connectivity index (χ3v) is 3.36. The maximum absolute atomic E-state index is 11.6. The van der Waals surface area contributed by atoms with E-state index in [2.05, 4.69) is 35.6 Å². The number of allylic oxidation sites excluding steroid dienone is 1. The van der Waals surface area contributed by atoms with Crippen LogP contribution >= 0.6 is 0 Å². The van der Waals surface area contributed by atoms with Gasteiger partial charge in [0.2, 0.25) is 0 Å². The van der Waals surface area contributed by atoms with Gasteiger partial charge < -0.3 is 10.1 Å². The van der Waals surface area contributed by atoms with E-state index in [-0.39, 0.29) is 5.97 Å². The zero-order valence-electron chi connectivity index (χ0n) is 12.6. The van der Waals surface area contributed by atoms with E-state index in [0.717, 1.165) is 12.8 Å². The molecule has 0 radical (unpaired) electrons. The summed E-state index contributed by atoms with van der Waals surface area (Å²) in [5.41, 5.74) is 1.79. The molecule has 0 fully saturated rings. The van der Waals surface area contributed by atoms with E-state index in [4.69, 9.17) is 4.74 Å². The summed E-state index contributed by atoms with van der Waals surface area (Å²) in [5.74, 6) is -0.293. The third kappa shape index (κ3) is 4.09. The number of nitrogens with one attached hydrogen (secondary N) is 1. The number of esters is 1. The summed E-state index contributed by atoms with van der Waals surface area (Å²) in [4.78, 5) is 11.6. The van der Waals surface area contributed by atoms with E-state index >= 15 is 0 Å². The minimum absolute atomic E-state index is 0.293. The van der Waals surface area contributed by atoms with Gasteiger partial charge in [-0.3, -0.25) is 0 Å². The summed E-state index contributed by atoms with van der Waals surface area (Å²) in [7, 11) is 1.73. The Kier molecular flexibility index (Phi) is 5.38. The Bertz CT molecular complexity index is 646. The molecule has 21 heavy (non-hydrogen) atoms. The van der Waals surface area contributed by atoms with Gasteiger partial charge in [-0.1, -0.05) is 48.5 Å². The van der Waals surface area contributed by atoms with Crippen LogP contribution in [0.4, 0.5) is 0 Å². The van der Waals surface area contributed by atoms with Crippen LogP contribution in [0.3, 0.4) is 0 Å². The Morgan fingerprint density at radius 3 is 2.67 bits per heavy atom. The average Bonchev–Trinajstić information content (AvgIpc) is 2.51. The molecule has 110 valence electrons. The second kappa shape index (κ2) is 7.48. The number of carbonyl (C=O) groups is 1. The van der Waals surface area contributed by atoms with Crippen molar-refractivity contribution in [2.75, 3.05) is 13.7 Å². The van der Waals surface area contributed by atoms with E-state index in [1.165, 1.54) is 16.3 Å². The Labute approximate surface area is 125 Å². The van der Waals surface area contributed by atoms with Crippen LogP contribution in [0.15, 0.2) is 54.2 Å². The van der Waals surface area contributed by atoms with E-state index in [1.54, 1.807) is 14.0 Å². The number of ether oxygens (including phenoxy) is 1. The molecule has 2 rings (SSSR count). The molecule has 0 amide bonds. The van der Waals surface area contributed by atoms with Crippen LogP contribution in [-0.4, -0.2) is 19.6 Å². The molecule has 0 aromatic heterocycles. The van der Waals surface area contributed by atoms with Crippen molar-refractivity contribution in [1.82, 2.24) is 5.32 Å². The Hall–Kier alpha value is -2.29. The van der Waals surface area contributed by atoms with Crippen LogP contribution in [0, 0.1) is 0 Å². The molecule has 0 saturated heterocycles. The van der Waals surface area contributed by atoms with Crippen LogP contribution in [0.1, 0.15) is 18.9 Å². The molecule has 0 bridgehead atoms. The Morgan fingerprint density at radius 1 is 1.19 bits per heavy atom. The first-order chi connectivity index (χ1) is 10.2. The fourth-order valence-electron chi connectivity index (χ4n) is 2.27. The normalized spacial score (nSPS) is 11.4. The van der Waals surface area contributed by atoms with Gasteiger partial charge in [-0.25, -0.2) is 4.79 Å². The molecule has 1 N–H and O–H groups in total. The number of benzene rings is 2. The van der Waals surface area contributed by atoms with Gasteiger partial charge in [0.05, 0.1) is 6.61 Å². The lowest BCUT2D eigenvalue weighted by Crippen LogP contribution is -2.18. The first-order valence-corrected chi connectivity index (χ1v) is 7.27. The number of likely N-dealkylation sites (N-methyl/N-ethyl adjacent to an activating group) is 1. The molecular weight excluding hydrogens is 262 g/mol. The van der Waals surface area contributed by atoms with Crippen molar-refractivity contribution in [3.63, 3.8) is 0 Å². The number of hydrogen-bond donors (Lipinski definition) is 1. The summed E-state index contributed by atoms with van der Waals surface area (Å²) in [6.45, 7) is 2.20. The second-order valence-corrected chi connectivity index (χ2v) is 4.81. The molecule has 2 aromatic carbocycles. The van der Waals surface area contributed by atoms with Gasteiger partial charge in [-0.2, -0.15) is 0 Å². The molecule has 0 atom stereocenters. The quantitative estimate of drug-likeness (QED) is 0.652. The van der Waals surface area contributed by atoms with Crippen LogP contribution < -0.4 is 5.32 Å². The van der Waals surface area contributed by atoms with E-state index in [0.29, 0.717) is 12.3 Å². The van der Waals surface area contributed by atoms with Crippen LogP contribution in [0.2, 0.25) is 0 Å². The summed E-state index contributed by atoms with van der Waals surface area (Å²) in [6, 6.07) is 14.8. The molecular formula is C18H21NO2. The van der Waals surface area contributed by atoms with Gasteiger partial charge in [0.15, 0.2) is 0 Å². The van der Waals surface area contributed by atoms with Gasteiger partial charge in [0, 0.05) is 7.05 Å². The van der Waals surface area contributed by atoms with Crippen molar-refractivity contribution in [1.29, 1.82) is 0 Å². The number of aryl methyl sites for hydroxylation is 1. The maximum atomic E-state index is 11.6. The first-order valence-electron chi connectivity index (χ1n) is 7.27. The molecule has 0 saturated carbocycles. The zero-order chi connectivity index (χ0) is 15.1. The van der Waals surface area contributed by atoms with Crippen molar-refractivity contribution >= 4 is 16.7 Å². The predicted octanol–water partition coefficient (Wildman–Crippen LogP) is 3.44. The summed E-state index contributed by atoms with van der Waals surface area (Å²) >= 11 is 0. The summed E-state index contributed by atoms with van der Waals surface area (Å²) in [5, 5.41) is 5.39. The van der Waals surface area contributed by atoms with Gasteiger partial charge in [-0.15, -0.1) is 0 Å². The molecule has 2 aromatic rings. The van der Waals surface area contributed by atoms with Crippen molar-refractivity contribution < 1.29 is 9.53 Å². The lowest BCUT2D eigenvalue weighted by Gasteiger charge is -2.06. The standard InChI is InChI=1S/C18H21NO2/c1-3-21-18(20)17(19-2)10-6-7-14-11-12-15-8-4-5-9-16(15)13-14/h4-5,8-13,19H,3,6-7H2,1-2H3. The highest BCUT2D eigenvalue weighted by Gasteiger charge is 2.07. The third-order valence-electron chi connectivity index (χ3n) is 3.36. The number of fused-ring (bicyclic) bond motifs is 1. The van der Waals surface area contributed by atoms with Gasteiger partial charge in [-0.05, 0) is 36.1 Å². The maximum Gasteiger partial charge on any atom is 0.354 e. The predicted molar refractivity (Wildman–Crippen MR) is 86.0 cm³/mol. The molecule has 0 unspecified atom stereocenters. The molecule has 3 heteroatoms. The molecule has 0 aliphatic heterocycles. The topological polar surface area (TPSA) is 38.3 Å². The van der Waals surface area contributed by atoms with Crippen molar-refractivity contribution in [3.05, 3.63) is 59.8 Å². The fourth-order valence-corrected chi connectivity index (χ4v) is 2.27. The SMILES string of the molecule is CCOC(=O)C(=CCCc1ccc2ccccc2c1)NC. The van der Waals surface area contributed by atoms with Gasteiger partial charge in [0.25, 0.3) is 0 Å². The van der Waals surface area contributed by atoms with Crippen LogP contribution in [-0.2, 0) is 16.0 Å². The largest absolute Gasteiger partial charge is 0.461 e. The van der Waals surface area contributed by atoms with E-state index in [1.807, 2.05) is 18.2 Å². The van der Waals surface area contributed by atoms with Crippen molar-refractivity contribution in [2.45, 2.75) is 19.8 Å². The highest BCUT2D eigenvalue weighted by molar-refractivity contribution is 5.87. The summed E-state index contributed by atoms with van der Waals surface area (Å²) in [6.07, 6.45) is 3.59. The number of carbonyl (C=O) groups excluding carboxylic acids is 1. The monoisotopic (exact) mass is 283 g/mol. The Morgan fingerprint density at radius 2 is 1.95 bits per heavy atom. The fraction of sp³-hybridized carbons (Fsp3) is 0.278. The first kappa shape index (κ1) is 15.1. The second-order valence-electron chi connectivity index (χ2n) is 4.81. The highest BCUT2D eigenvalue weighted by atomic mass is 16.5. The minimum atomic E-state index is -0.293. The van der Waals surface area contributed by atoms with Crippen molar-refractivity contribution in [2.24, 2.45) is 0 Å². The molecule has 0 heterocycles. The molecule has 0 aliphatic rings. The van der Waals surface area contributed by atoms with Crippen LogP contribution in [0.5, 0.6) is 0 Å². The number of rotatable bonds is 6. The molecule has 0 aliphatic carbocycles. The zero-order valence-corrected chi connectivity index (χ0v) is 12.6. The molecule has 0 spiro atoms. The Balaban J connectivity index is 2.02. The van der Waals surface area contributed by atoms with E-state index < -0.39 is 0 Å². The summed E-state index contributed by atoms with van der Waals surface area (Å²) < 4.78 is 4.99. The highest BCUT2D eigenvalue weighted by Crippen LogP contribution is 2.16. The van der Waals surface area contributed by atoms with Gasteiger partial charge in [0.1, 0.15) is 5.70 Å². The lowest BCUT2D eigenvalue weighted by atomic mass is 10.0. The van der Waals surface area contributed by atoms with Crippen LogP contribution in [0.25, 0.3) is 10.8 Å².